The van der Waals surface area contributed by atoms with Crippen LogP contribution >= 0.6 is 0 Å². The van der Waals surface area contributed by atoms with E-state index in [1.807, 2.05) is 0 Å². The Labute approximate surface area is 111 Å². The van der Waals surface area contributed by atoms with Crippen molar-refractivity contribution in [2.75, 3.05) is 6.61 Å². The molecule has 3 aliphatic heterocycles. The van der Waals surface area contributed by atoms with Gasteiger partial charge in [0.2, 0.25) is 0 Å². The first-order valence-corrected chi connectivity index (χ1v) is 5.83. The smallest absolute Gasteiger partial charge is 0.313 e. The largest absolute Gasteiger partial charge is 0.394 e. The van der Waals surface area contributed by atoms with E-state index < -0.39 is 49.2 Å². The summed E-state index contributed by atoms with van der Waals surface area (Å²) >= 11 is 0. The van der Waals surface area contributed by atoms with Crippen molar-refractivity contribution in [3.8, 4) is 0 Å². The van der Waals surface area contributed by atoms with E-state index in [0.717, 1.165) is 11.2 Å². The summed E-state index contributed by atoms with van der Waals surface area (Å²) in [6.45, 7) is -0.496. The van der Waals surface area contributed by atoms with Gasteiger partial charge in [0.15, 0.2) is 18.1 Å². The van der Waals surface area contributed by atoms with E-state index in [1.54, 1.807) is 0 Å². The Morgan fingerprint density at radius 3 is 2.75 bits per heavy atom. The van der Waals surface area contributed by atoms with Crippen LogP contribution in [0.15, 0.2) is 15.0 Å². The first-order chi connectivity index (χ1) is 9.52. The molecule has 9 nitrogen and oxygen atoms in total. The highest BCUT2D eigenvalue weighted by Gasteiger charge is 2.49. The van der Waals surface area contributed by atoms with E-state index in [4.69, 9.17) is 9.84 Å². The molecule has 1 amide bonds. The van der Waals surface area contributed by atoms with Gasteiger partial charge in [-0.2, -0.15) is 14.4 Å². The summed E-state index contributed by atoms with van der Waals surface area (Å²) in [4.78, 5) is 23.0. The number of halogens is 1. The van der Waals surface area contributed by atoms with Crippen LogP contribution in [-0.4, -0.2) is 81.6 Å². The minimum absolute atomic E-state index is 0.0719. The van der Waals surface area contributed by atoms with E-state index >= 15 is 0 Å². The fourth-order valence-corrected chi connectivity index (χ4v) is 2.28. The molecule has 2 unspecified atom stereocenters. The third-order valence-corrected chi connectivity index (χ3v) is 3.28. The average molecular weight is 286 g/mol. The molecule has 0 aromatic carbocycles. The lowest BCUT2D eigenvalue weighted by Gasteiger charge is -2.26. The normalized spacial score (nSPS) is 39.9. The molecule has 0 aromatic rings. The summed E-state index contributed by atoms with van der Waals surface area (Å²) in [5.74, 6) is -0.879. The Balaban J connectivity index is 1.87. The number of aliphatic hydroxyl groups is 3. The van der Waals surface area contributed by atoms with Gasteiger partial charge in [-0.05, 0) is 0 Å². The Hall–Kier alpha value is -1.75. The van der Waals surface area contributed by atoms with Crippen molar-refractivity contribution in [1.29, 1.82) is 0 Å². The topological polar surface area (TPSA) is 127 Å². The van der Waals surface area contributed by atoms with Crippen molar-refractivity contribution >= 4 is 24.2 Å². The van der Waals surface area contributed by atoms with Gasteiger partial charge >= 0.3 is 6.09 Å². The van der Waals surface area contributed by atoms with Crippen molar-refractivity contribution in [3.63, 3.8) is 0 Å². The summed E-state index contributed by atoms with van der Waals surface area (Å²) < 4.78 is 18.4. The average Bonchev–Trinajstić information content (AvgIpc) is 2.93. The lowest BCUT2D eigenvalue weighted by Crippen LogP contribution is -2.48. The summed E-state index contributed by atoms with van der Waals surface area (Å²) in [5.41, 5.74) is 0. The molecular formula is C10H11FN4O5. The molecule has 5 atom stereocenters. The van der Waals surface area contributed by atoms with Crippen LogP contribution in [-0.2, 0) is 9.53 Å². The standard InChI is InChI=1S/C10H11FN4O5/c11-10-13-7-4(8(19)14-10)12-2-15(7)9-6(18)5(17)3(1-16)20-9/h2-6,9,16-18H,1H2/t3-,4?,5?,6-,9-/m1/s1. The molecule has 1 fully saturated rings. The number of amidine groups is 2. The number of amides is 1. The van der Waals surface area contributed by atoms with Crippen LogP contribution in [0.3, 0.4) is 0 Å². The van der Waals surface area contributed by atoms with Crippen LogP contribution in [0.25, 0.3) is 0 Å². The number of nitrogens with zero attached hydrogens (tertiary/aromatic N) is 4. The van der Waals surface area contributed by atoms with Crippen LogP contribution < -0.4 is 0 Å². The molecule has 3 N–H and O–H groups in total. The van der Waals surface area contributed by atoms with Crippen molar-refractivity contribution < 1.29 is 29.2 Å². The number of hydrogen-bond donors (Lipinski definition) is 3. The molecule has 1 saturated heterocycles. The SMILES string of the molecule is O=C1N=C(F)N=C2C1N=CN2[C@@H]1O[C@H](CO)C(O)[C@H]1O. The number of aliphatic hydroxyl groups excluding tert-OH is 3. The maximum absolute atomic E-state index is 13.1. The van der Waals surface area contributed by atoms with E-state index in [2.05, 4.69) is 15.0 Å². The fraction of sp³-hybridized carbons (Fsp3) is 0.600. The monoisotopic (exact) mass is 286 g/mol. The Morgan fingerprint density at radius 2 is 2.10 bits per heavy atom. The summed E-state index contributed by atoms with van der Waals surface area (Å²) in [7, 11) is 0. The predicted molar refractivity (Wildman–Crippen MR) is 62.9 cm³/mol. The van der Waals surface area contributed by atoms with Gasteiger partial charge in [0.25, 0.3) is 5.91 Å². The quantitative estimate of drug-likeness (QED) is 0.478. The second kappa shape index (κ2) is 4.66. The lowest BCUT2D eigenvalue weighted by atomic mass is 10.1. The second-order valence-corrected chi connectivity index (χ2v) is 4.49. The maximum Gasteiger partial charge on any atom is 0.313 e. The molecule has 20 heavy (non-hydrogen) atoms. The summed E-state index contributed by atoms with van der Waals surface area (Å²) in [5, 5.41) is 28.6. The van der Waals surface area contributed by atoms with Gasteiger partial charge in [-0.1, -0.05) is 0 Å². The fourth-order valence-electron chi connectivity index (χ4n) is 2.28. The number of ether oxygens (including phenoxy) is 1. The second-order valence-electron chi connectivity index (χ2n) is 4.49. The molecule has 0 saturated carbocycles. The van der Waals surface area contributed by atoms with E-state index in [9.17, 15) is 19.4 Å². The number of carbonyl (C=O) groups is 1. The van der Waals surface area contributed by atoms with Crippen molar-refractivity contribution in [2.45, 2.75) is 30.6 Å². The van der Waals surface area contributed by atoms with E-state index in [-0.39, 0.29) is 5.84 Å². The number of fused-ring (bicyclic) bond motifs is 1. The number of hydrogen-bond acceptors (Lipinski definition) is 8. The van der Waals surface area contributed by atoms with Crippen LogP contribution in [0.2, 0.25) is 0 Å². The first-order valence-electron chi connectivity index (χ1n) is 5.83. The highest BCUT2D eigenvalue weighted by molar-refractivity contribution is 6.21. The molecular weight excluding hydrogens is 275 g/mol. The Morgan fingerprint density at radius 1 is 1.35 bits per heavy atom. The Bertz CT molecular complexity index is 536. The van der Waals surface area contributed by atoms with Gasteiger partial charge in [0, 0.05) is 0 Å². The van der Waals surface area contributed by atoms with Gasteiger partial charge < -0.3 is 20.1 Å². The maximum atomic E-state index is 13.1. The van der Waals surface area contributed by atoms with Crippen LogP contribution in [0.5, 0.6) is 0 Å². The summed E-state index contributed by atoms with van der Waals surface area (Å²) in [6.07, 6.45) is -4.82. The van der Waals surface area contributed by atoms with Crippen molar-refractivity contribution in [2.24, 2.45) is 15.0 Å². The third kappa shape index (κ3) is 1.85. The third-order valence-electron chi connectivity index (χ3n) is 3.28. The number of carbonyl (C=O) groups excluding carboxylic acids is 1. The summed E-state index contributed by atoms with van der Waals surface area (Å²) in [6, 6.07) is -1.07. The molecule has 3 rings (SSSR count). The zero-order chi connectivity index (χ0) is 14.4. The molecule has 108 valence electrons. The molecule has 0 radical (unpaired) electrons. The molecule has 3 heterocycles. The van der Waals surface area contributed by atoms with E-state index in [1.165, 1.54) is 0 Å². The van der Waals surface area contributed by atoms with E-state index in [0.29, 0.717) is 0 Å². The van der Waals surface area contributed by atoms with Crippen LogP contribution in [0.1, 0.15) is 0 Å². The minimum atomic E-state index is -1.36. The van der Waals surface area contributed by atoms with Gasteiger partial charge in [0.05, 0.1) is 12.9 Å². The highest BCUT2D eigenvalue weighted by atomic mass is 19.1. The first kappa shape index (κ1) is 13.2. The number of aliphatic imine (C=N–C) groups is 3. The van der Waals surface area contributed by atoms with Crippen LogP contribution in [0, 0.1) is 0 Å². The zero-order valence-electron chi connectivity index (χ0n) is 10.00. The van der Waals surface area contributed by atoms with Crippen LogP contribution in [0.4, 0.5) is 4.39 Å². The van der Waals surface area contributed by atoms with Gasteiger partial charge in [0.1, 0.15) is 18.3 Å². The molecule has 0 bridgehead atoms. The zero-order valence-corrected chi connectivity index (χ0v) is 10.00. The van der Waals surface area contributed by atoms with Gasteiger partial charge in [-0.25, -0.2) is 0 Å². The Kier molecular flexibility index (Phi) is 3.09. The van der Waals surface area contributed by atoms with Gasteiger partial charge in [-0.3, -0.25) is 14.7 Å². The molecule has 3 aliphatic rings. The lowest BCUT2D eigenvalue weighted by molar-refractivity contribution is -0.117. The minimum Gasteiger partial charge on any atom is -0.394 e. The van der Waals surface area contributed by atoms with Crippen molar-refractivity contribution in [3.05, 3.63) is 0 Å². The van der Waals surface area contributed by atoms with Gasteiger partial charge in [-0.15, -0.1) is 0 Å². The molecule has 10 heteroatoms. The molecule has 0 aliphatic carbocycles. The highest BCUT2D eigenvalue weighted by Crippen LogP contribution is 2.27. The predicted octanol–water partition coefficient (Wildman–Crippen LogP) is -2.60. The number of rotatable bonds is 2. The molecule has 0 aromatic heterocycles. The van der Waals surface area contributed by atoms with Crippen molar-refractivity contribution in [1.82, 2.24) is 4.90 Å². The molecule has 0 spiro atoms.